The lowest BCUT2D eigenvalue weighted by molar-refractivity contribution is -0.126. The van der Waals surface area contributed by atoms with Gasteiger partial charge in [0.2, 0.25) is 5.91 Å². The molecule has 0 aromatic heterocycles. The van der Waals surface area contributed by atoms with Crippen LogP contribution in [0, 0.1) is 11.8 Å². The summed E-state index contributed by atoms with van der Waals surface area (Å²) >= 11 is 0. The summed E-state index contributed by atoms with van der Waals surface area (Å²) in [5.74, 6) is 0.525. The van der Waals surface area contributed by atoms with Crippen LogP contribution in [0.4, 0.5) is 0 Å². The van der Waals surface area contributed by atoms with E-state index in [-0.39, 0.29) is 18.4 Å². The van der Waals surface area contributed by atoms with E-state index in [1.165, 1.54) is 0 Å². The largest absolute Gasteiger partial charge is 0.392 e. The SMILES string of the molecule is NCC1CCCC1C(=O)NCc1cccc(CO)c1. The Hall–Kier alpha value is -1.39. The lowest BCUT2D eigenvalue weighted by Gasteiger charge is -2.17. The summed E-state index contributed by atoms with van der Waals surface area (Å²) in [6.07, 6.45) is 3.11. The first kappa shape index (κ1) is 14.0. The van der Waals surface area contributed by atoms with Gasteiger partial charge in [0.25, 0.3) is 0 Å². The summed E-state index contributed by atoms with van der Waals surface area (Å²) in [4.78, 5) is 12.1. The standard InChI is InChI=1S/C15H22N2O2/c16-8-13-5-2-6-14(13)15(19)17-9-11-3-1-4-12(7-11)10-18/h1,3-4,7,13-14,18H,2,5-6,8-10,16H2,(H,17,19). The molecule has 2 atom stereocenters. The maximum atomic E-state index is 12.1. The minimum absolute atomic E-state index is 0.0274. The topological polar surface area (TPSA) is 75.4 Å². The van der Waals surface area contributed by atoms with Gasteiger partial charge >= 0.3 is 0 Å². The fourth-order valence-corrected chi connectivity index (χ4v) is 2.82. The summed E-state index contributed by atoms with van der Waals surface area (Å²) in [6, 6.07) is 7.63. The number of hydrogen-bond donors (Lipinski definition) is 3. The normalized spacial score (nSPS) is 22.4. The molecular weight excluding hydrogens is 240 g/mol. The zero-order valence-electron chi connectivity index (χ0n) is 11.1. The van der Waals surface area contributed by atoms with E-state index in [1.54, 1.807) is 0 Å². The molecule has 4 nitrogen and oxygen atoms in total. The molecule has 1 saturated carbocycles. The van der Waals surface area contributed by atoms with Crippen LogP contribution in [0.3, 0.4) is 0 Å². The Morgan fingerprint density at radius 3 is 2.89 bits per heavy atom. The van der Waals surface area contributed by atoms with E-state index in [4.69, 9.17) is 10.8 Å². The van der Waals surface area contributed by atoms with Gasteiger partial charge in [-0.1, -0.05) is 30.7 Å². The average molecular weight is 262 g/mol. The second kappa shape index (κ2) is 6.68. The van der Waals surface area contributed by atoms with Crippen LogP contribution in [0.2, 0.25) is 0 Å². The molecule has 0 spiro atoms. The first-order valence-corrected chi connectivity index (χ1v) is 6.91. The second-order valence-corrected chi connectivity index (χ2v) is 5.23. The zero-order valence-corrected chi connectivity index (χ0v) is 11.1. The van der Waals surface area contributed by atoms with Crippen LogP contribution in [0.1, 0.15) is 30.4 Å². The Morgan fingerprint density at radius 2 is 2.16 bits per heavy atom. The number of carbonyl (C=O) groups excluding carboxylic acids is 1. The van der Waals surface area contributed by atoms with E-state index in [9.17, 15) is 4.79 Å². The van der Waals surface area contributed by atoms with Crippen molar-refractivity contribution in [2.45, 2.75) is 32.4 Å². The summed E-state index contributed by atoms with van der Waals surface area (Å²) in [5.41, 5.74) is 7.58. The minimum atomic E-state index is 0.0274. The van der Waals surface area contributed by atoms with Crippen molar-refractivity contribution < 1.29 is 9.90 Å². The fourth-order valence-electron chi connectivity index (χ4n) is 2.82. The maximum absolute atomic E-state index is 12.1. The zero-order chi connectivity index (χ0) is 13.7. The molecule has 104 valence electrons. The molecule has 0 bridgehead atoms. The van der Waals surface area contributed by atoms with Crippen LogP contribution in [0.15, 0.2) is 24.3 Å². The number of carbonyl (C=O) groups is 1. The highest BCUT2D eigenvalue weighted by Gasteiger charge is 2.31. The van der Waals surface area contributed by atoms with Crippen LogP contribution in [0.5, 0.6) is 0 Å². The van der Waals surface area contributed by atoms with Crippen LogP contribution in [-0.2, 0) is 17.9 Å². The van der Waals surface area contributed by atoms with Crippen LogP contribution in [-0.4, -0.2) is 17.6 Å². The van der Waals surface area contributed by atoms with Gasteiger partial charge in [-0.05, 0) is 36.4 Å². The van der Waals surface area contributed by atoms with Crippen molar-refractivity contribution in [2.24, 2.45) is 17.6 Å². The Morgan fingerprint density at radius 1 is 1.37 bits per heavy atom. The van der Waals surface area contributed by atoms with E-state index >= 15 is 0 Å². The lowest BCUT2D eigenvalue weighted by atomic mass is 9.95. The summed E-state index contributed by atoms with van der Waals surface area (Å²) in [5, 5.41) is 12.1. The first-order chi connectivity index (χ1) is 9.24. The molecule has 19 heavy (non-hydrogen) atoms. The highest BCUT2D eigenvalue weighted by molar-refractivity contribution is 5.79. The predicted octanol–water partition coefficient (Wildman–Crippen LogP) is 1.17. The summed E-state index contributed by atoms with van der Waals surface area (Å²) in [6.45, 7) is 1.14. The van der Waals surface area contributed by atoms with Gasteiger partial charge in [0.1, 0.15) is 0 Å². The summed E-state index contributed by atoms with van der Waals surface area (Å²) < 4.78 is 0. The highest BCUT2D eigenvalue weighted by atomic mass is 16.3. The number of nitrogens with one attached hydrogen (secondary N) is 1. The van der Waals surface area contributed by atoms with E-state index in [0.717, 1.165) is 30.4 Å². The van der Waals surface area contributed by atoms with Crippen molar-refractivity contribution in [1.29, 1.82) is 0 Å². The van der Waals surface area contributed by atoms with Crippen molar-refractivity contribution in [3.05, 3.63) is 35.4 Å². The number of hydrogen-bond acceptors (Lipinski definition) is 3. The fraction of sp³-hybridized carbons (Fsp3) is 0.533. The number of benzene rings is 1. The summed E-state index contributed by atoms with van der Waals surface area (Å²) in [7, 11) is 0. The molecule has 2 unspecified atom stereocenters. The third-order valence-electron chi connectivity index (χ3n) is 3.94. The molecule has 2 rings (SSSR count). The Balaban J connectivity index is 1.89. The van der Waals surface area contributed by atoms with Crippen LogP contribution >= 0.6 is 0 Å². The smallest absolute Gasteiger partial charge is 0.223 e. The van der Waals surface area contributed by atoms with Gasteiger partial charge in [-0.3, -0.25) is 4.79 Å². The second-order valence-electron chi connectivity index (χ2n) is 5.23. The van der Waals surface area contributed by atoms with E-state index in [2.05, 4.69) is 5.32 Å². The number of nitrogens with two attached hydrogens (primary N) is 1. The van der Waals surface area contributed by atoms with Crippen LogP contribution in [0.25, 0.3) is 0 Å². The molecule has 1 amide bonds. The van der Waals surface area contributed by atoms with Gasteiger partial charge in [-0.15, -0.1) is 0 Å². The van der Waals surface area contributed by atoms with Crippen molar-refractivity contribution >= 4 is 5.91 Å². The van der Waals surface area contributed by atoms with Crippen molar-refractivity contribution in [3.8, 4) is 0 Å². The van der Waals surface area contributed by atoms with Gasteiger partial charge in [-0.25, -0.2) is 0 Å². The third-order valence-corrected chi connectivity index (χ3v) is 3.94. The maximum Gasteiger partial charge on any atom is 0.223 e. The molecule has 1 aromatic carbocycles. The molecule has 0 heterocycles. The number of aliphatic hydroxyl groups is 1. The predicted molar refractivity (Wildman–Crippen MR) is 74.1 cm³/mol. The Kier molecular flexibility index (Phi) is 4.93. The highest BCUT2D eigenvalue weighted by Crippen LogP contribution is 2.30. The van der Waals surface area contributed by atoms with Gasteiger partial charge in [0.05, 0.1) is 6.61 Å². The lowest BCUT2D eigenvalue weighted by Crippen LogP contribution is -2.34. The molecule has 1 aromatic rings. The van der Waals surface area contributed by atoms with Crippen LogP contribution < -0.4 is 11.1 Å². The molecule has 0 radical (unpaired) electrons. The molecule has 4 heteroatoms. The van der Waals surface area contributed by atoms with Crippen molar-refractivity contribution in [3.63, 3.8) is 0 Å². The Labute approximate surface area is 114 Å². The number of aliphatic hydroxyl groups excluding tert-OH is 1. The van der Waals surface area contributed by atoms with Gasteiger partial charge < -0.3 is 16.2 Å². The third kappa shape index (κ3) is 3.55. The first-order valence-electron chi connectivity index (χ1n) is 6.91. The Bertz CT molecular complexity index is 434. The number of rotatable bonds is 5. The van der Waals surface area contributed by atoms with E-state index in [1.807, 2.05) is 24.3 Å². The number of amides is 1. The molecule has 1 fully saturated rings. The molecule has 0 aliphatic heterocycles. The van der Waals surface area contributed by atoms with E-state index < -0.39 is 0 Å². The van der Waals surface area contributed by atoms with Crippen molar-refractivity contribution in [1.82, 2.24) is 5.32 Å². The molecule has 4 N–H and O–H groups in total. The molecule has 1 aliphatic rings. The molecule has 1 aliphatic carbocycles. The molecular formula is C15H22N2O2. The van der Waals surface area contributed by atoms with Gasteiger partial charge in [-0.2, -0.15) is 0 Å². The van der Waals surface area contributed by atoms with Gasteiger partial charge in [0.15, 0.2) is 0 Å². The quantitative estimate of drug-likeness (QED) is 0.745. The van der Waals surface area contributed by atoms with E-state index in [0.29, 0.717) is 19.0 Å². The van der Waals surface area contributed by atoms with Gasteiger partial charge in [0, 0.05) is 12.5 Å². The minimum Gasteiger partial charge on any atom is -0.392 e. The molecule has 0 saturated heterocycles. The monoisotopic (exact) mass is 262 g/mol. The van der Waals surface area contributed by atoms with Crippen molar-refractivity contribution in [2.75, 3.05) is 6.54 Å². The average Bonchev–Trinajstić information content (AvgIpc) is 2.93.